The first-order chi connectivity index (χ1) is 11.3. The second-order valence-electron chi connectivity index (χ2n) is 5.14. The molecule has 2 heterocycles. The summed E-state index contributed by atoms with van der Waals surface area (Å²) in [6, 6.07) is 22.0. The first-order valence-electron chi connectivity index (χ1n) is 7.25. The number of hydrogen-bond acceptors (Lipinski definition) is 3. The van der Waals surface area contributed by atoms with Gasteiger partial charge in [0.2, 0.25) is 0 Å². The van der Waals surface area contributed by atoms with Crippen molar-refractivity contribution < 1.29 is 0 Å². The smallest absolute Gasteiger partial charge is 0.160 e. The molecule has 0 fully saturated rings. The summed E-state index contributed by atoms with van der Waals surface area (Å²) in [6.45, 7) is 0. The quantitative estimate of drug-likeness (QED) is 0.497. The van der Waals surface area contributed by atoms with Gasteiger partial charge in [-0.15, -0.1) is 0 Å². The number of benzene rings is 2. The van der Waals surface area contributed by atoms with E-state index in [2.05, 4.69) is 25.9 Å². The second kappa shape index (κ2) is 5.89. The Balaban J connectivity index is 2.01. The number of nitrogens with zero attached hydrogens (tertiary/aromatic N) is 3. The number of halogens is 1. The topological polar surface area (TPSA) is 38.7 Å². The number of rotatable bonds is 2. The highest BCUT2D eigenvalue weighted by atomic mass is 79.9. The molecule has 0 N–H and O–H groups in total. The van der Waals surface area contributed by atoms with E-state index in [9.17, 15) is 0 Å². The molecule has 4 heteroatoms. The first-order valence-corrected chi connectivity index (χ1v) is 8.05. The van der Waals surface area contributed by atoms with E-state index in [0.29, 0.717) is 5.82 Å². The minimum absolute atomic E-state index is 0.700. The SMILES string of the molecule is Brc1cccc(-c2nc(-c3ccccc3)c3ncccc3n2)c1. The van der Waals surface area contributed by atoms with Gasteiger partial charge in [-0.25, -0.2) is 9.97 Å². The molecule has 4 aromatic rings. The maximum absolute atomic E-state index is 4.79. The highest BCUT2D eigenvalue weighted by Gasteiger charge is 2.12. The van der Waals surface area contributed by atoms with Gasteiger partial charge in [0.25, 0.3) is 0 Å². The standard InChI is InChI=1S/C19H12BrN3/c20-15-9-4-8-14(12-15)19-22-16-10-5-11-21-18(16)17(23-19)13-6-2-1-3-7-13/h1-12H. The highest BCUT2D eigenvalue weighted by molar-refractivity contribution is 9.10. The van der Waals surface area contributed by atoms with Gasteiger partial charge in [-0.2, -0.15) is 0 Å². The van der Waals surface area contributed by atoms with Crippen LogP contribution in [0.2, 0.25) is 0 Å². The molecule has 0 aliphatic heterocycles. The molecule has 0 aliphatic carbocycles. The van der Waals surface area contributed by atoms with Gasteiger partial charge in [-0.1, -0.05) is 58.4 Å². The second-order valence-corrected chi connectivity index (χ2v) is 6.06. The summed E-state index contributed by atoms with van der Waals surface area (Å²) >= 11 is 3.50. The van der Waals surface area contributed by atoms with E-state index in [-0.39, 0.29) is 0 Å². The van der Waals surface area contributed by atoms with E-state index in [4.69, 9.17) is 4.98 Å². The van der Waals surface area contributed by atoms with Crippen molar-refractivity contribution in [3.63, 3.8) is 0 Å². The van der Waals surface area contributed by atoms with Crippen molar-refractivity contribution in [2.75, 3.05) is 0 Å². The van der Waals surface area contributed by atoms with E-state index in [1.54, 1.807) is 6.20 Å². The summed E-state index contributed by atoms with van der Waals surface area (Å²) in [7, 11) is 0. The Bertz CT molecular complexity index is 984. The van der Waals surface area contributed by atoms with Crippen LogP contribution in [0.4, 0.5) is 0 Å². The van der Waals surface area contributed by atoms with Crippen LogP contribution in [0.1, 0.15) is 0 Å². The average molecular weight is 362 g/mol. The lowest BCUT2D eigenvalue weighted by Gasteiger charge is -2.08. The molecule has 0 bridgehead atoms. The number of pyridine rings is 1. The molecule has 0 saturated heterocycles. The van der Waals surface area contributed by atoms with Crippen molar-refractivity contribution in [3.8, 4) is 22.6 Å². The van der Waals surface area contributed by atoms with Gasteiger partial charge in [-0.05, 0) is 24.3 Å². The minimum Gasteiger partial charge on any atom is -0.252 e. The van der Waals surface area contributed by atoms with Crippen LogP contribution in [0.25, 0.3) is 33.7 Å². The zero-order valence-electron chi connectivity index (χ0n) is 12.1. The lowest BCUT2D eigenvalue weighted by molar-refractivity contribution is 1.20. The summed E-state index contributed by atoms with van der Waals surface area (Å²) in [6.07, 6.45) is 1.77. The normalized spacial score (nSPS) is 10.8. The van der Waals surface area contributed by atoms with Crippen molar-refractivity contribution >= 4 is 27.0 Å². The number of hydrogen-bond donors (Lipinski definition) is 0. The lowest BCUT2D eigenvalue weighted by Crippen LogP contribution is -1.96. The Morgan fingerprint density at radius 2 is 1.57 bits per heavy atom. The Morgan fingerprint density at radius 3 is 2.39 bits per heavy atom. The summed E-state index contributed by atoms with van der Waals surface area (Å²) in [5, 5.41) is 0. The molecule has 23 heavy (non-hydrogen) atoms. The molecule has 110 valence electrons. The first kappa shape index (κ1) is 14.0. The molecule has 0 radical (unpaired) electrons. The molecule has 0 amide bonds. The van der Waals surface area contributed by atoms with Crippen molar-refractivity contribution in [3.05, 3.63) is 77.4 Å². The van der Waals surface area contributed by atoms with Gasteiger partial charge in [-0.3, -0.25) is 4.98 Å². The maximum Gasteiger partial charge on any atom is 0.160 e. The summed E-state index contributed by atoms with van der Waals surface area (Å²) in [4.78, 5) is 13.9. The van der Waals surface area contributed by atoms with Crippen LogP contribution in [0.3, 0.4) is 0 Å². The molecule has 0 unspecified atom stereocenters. The zero-order chi connectivity index (χ0) is 15.6. The molecule has 0 aliphatic rings. The fourth-order valence-corrected chi connectivity index (χ4v) is 2.92. The van der Waals surface area contributed by atoms with Crippen molar-refractivity contribution in [2.24, 2.45) is 0 Å². The van der Waals surface area contributed by atoms with E-state index in [1.165, 1.54) is 0 Å². The van der Waals surface area contributed by atoms with Crippen LogP contribution in [0.15, 0.2) is 77.4 Å². The van der Waals surface area contributed by atoms with Gasteiger partial charge >= 0.3 is 0 Å². The zero-order valence-corrected chi connectivity index (χ0v) is 13.7. The monoisotopic (exact) mass is 361 g/mol. The lowest BCUT2D eigenvalue weighted by atomic mass is 10.1. The Labute approximate surface area is 142 Å². The van der Waals surface area contributed by atoms with Crippen LogP contribution in [0.5, 0.6) is 0 Å². The van der Waals surface area contributed by atoms with E-state index < -0.39 is 0 Å². The molecule has 0 saturated carbocycles. The van der Waals surface area contributed by atoms with Crippen molar-refractivity contribution in [1.82, 2.24) is 15.0 Å². The largest absolute Gasteiger partial charge is 0.252 e. The highest BCUT2D eigenvalue weighted by Crippen LogP contribution is 2.28. The maximum atomic E-state index is 4.79. The van der Waals surface area contributed by atoms with Crippen LogP contribution < -0.4 is 0 Å². The summed E-state index contributed by atoms with van der Waals surface area (Å²) in [5.41, 5.74) is 4.53. The fourth-order valence-electron chi connectivity index (χ4n) is 2.52. The number of fused-ring (bicyclic) bond motifs is 1. The Morgan fingerprint density at radius 1 is 0.739 bits per heavy atom. The third kappa shape index (κ3) is 2.73. The van der Waals surface area contributed by atoms with Crippen LogP contribution in [-0.4, -0.2) is 15.0 Å². The third-order valence-electron chi connectivity index (χ3n) is 3.58. The van der Waals surface area contributed by atoms with E-state index >= 15 is 0 Å². The van der Waals surface area contributed by atoms with Gasteiger partial charge in [0.05, 0.1) is 5.52 Å². The molecule has 0 spiro atoms. The number of aromatic nitrogens is 3. The molecule has 0 atom stereocenters. The Kier molecular flexibility index (Phi) is 3.60. The van der Waals surface area contributed by atoms with Crippen LogP contribution in [-0.2, 0) is 0 Å². The van der Waals surface area contributed by atoms with Crippen LogP contribution in [0, 0.1) is 0 Å². The fraction of sp³-hybridized carbons (Fsp3) is 0. The van der Waals surface area contributed by atoms with Crippen molar-refractivity contribution in [2.45, 2.75) is 0 Å². The van der Waals surface area contributed by atoms with Gasteiger partial charge in [0.15, 0.2) is 5.82 Å². The molecular formula is C19H12BrN3. The predicted octanol–water partition coefficient (Wildman–Crippen LogP) is 5.12. The third-order valence-corrected chi connectivity index (χ3v) is 4.08. The summed E-state index contributed by atoms with van der Waals surface area (Å²) in [5.74, 6) is 0.700. The van der Waals surface area contributed by atoms with Gasteiger partial charge in [0, 0.05) is 21.8 Å². The van der Waals surface area contributed by atoms with Gasteiger partial charge in [0.1, 0.15) is 11.2 Å². The van der Waals surface area contributed by atoms with Gasteiger partial charge < -0.3 is 0 Å². The average Bonchev–Trinajstić information content (AvgIpc) is 2.61. The molecule has 2 aromatic heterocycles. The van der Waals surface area contributed by atoms with Crippen LogP contribution >= 0.6 is 15.9 Å². The predicted molar refractivity (Wildman–Crippen MR) is 95.9 cm³/mol. The van der Waals surface area contributed by atoms with E-state index in [1.807, 2.05) is 66.7 Å². The molecule has 2 aromatic carbocycles. The summed E-state index contributed by atoms with van der Waals surface area (Å²) < 4.78 is 1.01. The Hall–Kier alpha value is -2.59. The molecule has 3 nitrogen and oxygen atoms in total. The van der Waals surface area contributed by atoms with Crippen molar-refractivity contribution in [1.29, 1.82) is 0 Å². The minimum atomic E-state index is 0.700. The molecular weight excluding hydrogens is 350 g/mol. The van der Waals surface area contributed by atoms with E-state index in [0.717, 1.165) is 32.3 Å². The molecule has 4 rings (SSSR count).